The van der Waals surface area contributed by atoms with Crippen molar-refractivity contribution in [3.63, 3.8) is 0 Å². The first-order valence-electron chi connectivity index (χ1n) is 8.37. The number of hydrogen-bond acceptors (Lipinski definition) is 3. The fraction of sp³-hybridized carbons (Fsp3) is 0.316. The molecule has 1 heterocycles. The van der Waals surface area contributed by atoms with Crippen molar-refractivity contribution >= 4 is 23.3 Å². The molecule has 0 saturated carbocycles. The van der Waals surface area contributed by atoms with Crippen LogP contribution < -0.4 is 10.1 Å². The molecule has 0 aliphatic carbocycles. The third-order valence-electron chi connectivity index (χ3n) is 4.25. The van der Waals surface area contributed by atoms with E-state index in [9.17, 15) is 9.90 Å². The number of carbonyl (C=O) groups is 1. The number of ether oxygens (including phenoxy) is 1. The van der Waals surface area contributed by atoms with Crippen LogP contribution in [0.2, 0.25) is 5.02 Å². The summed E-state index contributed by atoms with van der Waals surface area (Å²) in [5, 5.41) is 13.0. The van der Waals surface area contributed by atoms with Gasteiger partial charge >= 0.3 is 6.03 Å². The van der Waals surface area contributed by atoms with Crippen LogP contribution in [-0.4, -0.2) is 35.2 Å². The Balaban J connectivity index is 1.60. The van der Waals surface area contributed by atoms with Gasteiger partial charge in [0, 0.05) is 17.3 Å². The molecule has 1 saturated heterocycles. The van der Waals surface area contributed by atoms with Crippen LogP contribution in [0.3, 0.4) is 0 Å². The average molecular weight is 361 g/mol. The number of rotatable bonds is 4. The zero-order valence-corrected chi connectivity index (χ0v) is 14.6. The molecular formula is C19H21ClN2O3. The summed E-state index contributed by atoms with van der Waals surface area (Å²) in [6.07, 6.45) is 2.86. The smallest absolute Gasteiger partial charge is 0.322 e. The molecule has 1 atom stereocenters. The second-order valence-corrected chi connectivity index (χ2v) is 6.47. The number of anilines is 1. The Morgan fingerprint density at radius 2 is 1.76 bits per heavy atom. The van der Waals surface area contributed by atoms with Gasteiger partial charge in [-0.3, -0.25) is 0 Å². The van der Waals surface area contributed by atoms with E-state index >= 15 is 0 Å². The van der Waals surface area contributed by atoms with Crippen molar-refractivity contribution in [2.45, 2.75) is 25.3 Å². The Morgan fingerprint density at radius 3 is 2.40 bits per heavy atom. The number of hydrogen-bond donors (Lipinski definition) is 2. The Labute approximate surface area is 152 Å². The van der Waals surface area contributed by atoms with Crippen LogP contribution in [0.15, 0.2) is 48.5 Å². The van der Waals surface area contributed by atoms with Gasteiger partial charge < -0.3 is 20.1 Å². The summed E-state index contributed by atoms with van der Waals surface area (Å²) in [6, 6.07) is 14.0. The molecule has 2 aromatic carbocycles. The number of likely N-dealkylation sites (tertiary alicyclic amines) is 1. The van der Waals surface area contributed by atoms with Crippen molar-refractivity contribution in [1.82, 2.24) is 4.90 Å². The molecule has 2 amide bonds. The van der Waals surface area contributed by atoms with Crippen LogP contribution in [0.4, 0.5) is 10.5 Å². The predicted octanol–water partition coefficient (Wildman–Crippen LogP) is 4.51. The second-order valence-electron chi connectivity index (χ2n) is 6.04. The van der Waals surface area contributed by atoms with E-state index in [1.165, 1.54) is 0 Å². The SMILES string of the molecule is O=C(Nc1ccc(Oc2ccc(Cl)cc2)cc1)N1CCCCC1CO. The lowest BCUT2D eigenvalue weighted by atomic mass is 10.0. The van der Waals surface area contributed by atoms with Crippen molar-refractivity contribution in [3.8, 4) is 11.5 Å². The van der Waals surface area contributed by atoms with Gasteiger partial charge in [-0.05, 0) is 67.8 Å². The van der Waals surface area contributed by atoms with Gasteiger partial charge in [0.05, 0.1) is 12.6 Å². The van der Waals surface area contributed by atoms with Crippen molar-refractivity contribution in [2.24, 2.45) is 0 Å². The third-order valence-corrected chi connectivity index (χ3v) is 4.51. The van der Waals surface area contributed by atoms with Gasteiger partial charge in [0.2, 0.25) is 0 Å². The Bertz CT molecular complexity index is 704. The molecule has 1 aliphatic heterocycles. The minimum atomic E-state index is -0.176. The van der Waals surface area contributed by atoms with Crippen molar-refractivity contribution in [2.75, 3.05) is 18.5 Å². The first kappa shape index (κ1) is 17.6. The van der Waals surface area contributed by atoms with Crippen LogP contribution >= 0.6 is 11.6 Å². The molecule has 1 fully saturated rings. The van der Waals surface area contributed by atoms with E-state index in [0.717, 1.165) is 19.3 Å². The summed E-state index contributed by atoms with van der Waals surface area (Å²) in [7, 11) is 0. The molecule has 25 heavy (non-hydrogen) atoms. The lowest BCUT2D eigenvalue weighted by Gasteiger charge is -2.34. The largest absolute Gasteiger partial charge is 0.457 e. The summed E-state index contributed by atoms with van der Waals surface area (Å²) in [5.41, 5.74) is 0.690. The van der Waals surface area contributed by atoms with Gasteiger partial charge in [-0.2, -0.15) is 0 Å². The lowest BCUT2D eigenvalue weighted by Crippen LogP contribution is -2.47. The average Bonchev–Trinajstić information content (AvgIpc) is 2.65. The maximum Gasteiger partial charge on any atom is 0.322 e. The third kappa shape index (κ3) is 4.65. The number of urea groups is 1. The minimum absolute atomic E-state index is 0.00128. The topological polar surface area (TPSA) is 61.8 Å². The highest BCUT2D eigenvalue weighted by Crippen LogP contribution is 2.25. The van der Waals surface area contributed by atoms with E-state index in [-0.39, 0.29) is 18.7 Å². The monoisotopic (exact) mass is 360 g/mol. The van der Waals surface area contributed by atoms with Crippen LogP contribution in [-0.2, 0) is 0 Å². The molecule has 2 N–H and O–H groups in total. The molecule has 0 bridgehead atoms. The van der Waals surface area contributed by atoms with E-state index in [0.29, 0.717) is 28.8 Å². The van der Waals surface area contributed by atoms with Gasteiger partial charge in [-0.1, -0.05) is 11.6 Å². The maximum atomic E-state index is 12.4. The van der Waals surface area contributed by atoms with Crippen molar-refractivity contribution < 1.29 is 14.6 Å². The molecule has 1 unspecified atom stereocenters. The van der Waals surface area contributed by atoms with Gasteiger partial charge in [-0.15, -0.1) is 0 Å². The fourth-order valence-electron chi connectivity index (χ4n) is 2.90. The van der Waals surface area contributed by atoms with Crippen molar-refractivity contribution in [1.29, 1.82) is 0 Å². The van der Waals surface area contributed by atoms with E-state index in [1.54, 1.807) is 53.4 Å². The van der Waals surface area contributed by atoms with Crippen LogP contribution in [0, 0.1) is 0 Å². The summed E-state index contributed by atoms with van der Waals surface area (Å²) in [4.78, 5) is 14.1. The number of carbonyl (C=O) groups excluding carboxylic acids is 1. The number of aliphatic hydroxyl groups excluding tert-OH is 1. The second kappa shape index (κ2) is 8.23. The summed E-state index contributed by atoms with van der Waals surface area (Å²) in [5.74, 6) is 1.37. The fourth-order valence-corrected chi connectivity index (χ4v) is 3.02. The van der Waals surface area contributed by atoms with E-state index in [4.69, 9.17) is 16.3 Å². The predicted molar refractivity (Wildman–Crippen MR) is 98.4 cm³/mol. The molecule has 1 aliphatic rings. The molecular weight excluding hydrogens is 340 g/mol. The van der Waals surface area contributed by atoms with Gasteiger partial charge in [0.25, 0.3) is 0 Å². The first-order chi connectivity index (χ1) is 12.2. The standard InChI is InChI=1S/C19H21ClN2O3/c20-14-4-8-17(9-5-14)25-18-10-6-15(7-11-18)21-19(24)22-12-2-1-3-16(22)13-23/h4-11,16,23H,1-3,12-13H2,(H,21,24). The number of halogens is 1. The van der Waals surface area contributed by atoms with E-state index in [2.05, 4.69) is 5.32 Å². The highest BCUT2D eigenvalue weighted by atomic mass is 35.5. The highest BCUT2D eigenvalue weighted by molar-refractivity contribution is 6.30. The molecule has 0 spiro atoms. The Hall–Kier alpha value is -2.24. The quantitative estimate of drug-likeness (QED) is 0.843. The maximum absolute atomic E-state index is 12.4. The number of nitrogens with one attached hydrogen (secondary N) is 1. The van der Waals surface area contributed by atoms with E-state index in [1.807, 2.05) is 0 Å². The number of benzene rings is 2. The highest BCUT2D eigenvalue weighted by Gasteiger charge is 2.25. The van der Waals surface area contributed by atoms with Gasteiger partial charge in [0.15, 0.2) is 0 Å². The van der Waals surface area contributed by atoms with Gasteiger partial charge in [0.1, 0.15) is 11.5 Å². The van der Waals surface area contributed by atoms with E-state index < -0.39 is 0 Å². The zero-order valence-electron chi connectivity index (χ0n) is 13.8. The molecule has 0 aromatic heterocycles. The molecule has 3 rings (SSSR count). The number of amides is 2. The summed E-state index contributed by atoms with van der Waals surface area (Å²) < 4.78 is 5.73. The van der Waals surface area contributed by atoms with Crippen LogP contribution in [0.25, 0.3) is 0 Å². The number of nitrogens with zero attached hydrogens (tertiary/aromatic N) is 1. The summed E-state index contributed by atoms with van der Waals surface area (Å²) >= 11 is 5.85. The Kier molecular flexibility index (Phi) is 5.79. The Morgan fingerprint density at radius 1 is 1.12 bits per heavy atom. The number of piperidine rings is 1. The zero-order chi connectivity index (χ0) is 17.6. The molecule has 5 nitrogen and oxygen atoms in total. The first-order valence-corrected chi connectivity index (χ1v) is 8.75. The van der Waals surface area contributed by atoms with Crippen molar-refractivity contribution in [3.05, 3.63) is 53.6 Å². The molecule has 2 aromatic rings. The minimum Gasteiger partial charge on any atom is -0.457 e. The molecule has 0 radical (unpaired) electrons. The molecule has 132 valence electrons. The lowest BCUT2D eigenvalue weighted by molar-refractivity contribution is 0.115. The number of aliphatic hydroxyl groups is 1. The van der Waals surface area contributed by atoms with Crippen LogP contribution in [0.5, 0.6) is 11.5 Å². The summed E-state index contributed by atoms with van der Waals surface area (Å²) in [6.45, 7) is 0.677. The molecule has 6 heteroatoms. The van der Waals surface area contributed by atoms with Crippen LogP contribution in [0.1, 0.15) is 19.3 Å². The van der Waals surface area contributed by atoms with Gasteiger partial charge in [-0.25, -0.2) is 4.79 Å². The normalized spacial score (nSPS) is 17.2.